The smallest absolute Gasteiger partial charge is 0.120 e. The van der Waals surface area contributed by atoms with Gasteiger partial charge in [0.1, 0.15) is 6.29 Å². The molecule has 0 bridgehead atoms. The van der Waals surface area contributed by atoms with Gasteiger partial charge in [-0.1, -0.05) is 6.07 Å². The highest BCUT2D eigenvalue weighted by Crippen LogP contribution is 2.18. The first-order valence-electron chi connectivity index (χ1n) is 4.67. The van der Waals surface area contributed by atoms with Crippen LogP contribution >= 0.6 is 0 Å². The van der Waals surface area contributed by atoms with Crippen molar-refractivity contribution in [3.63, 3.8) is 0 Å². The number of nitrogens with zero attached hydrogens (tertiary/aromatic N) is 1. The van der Waals surface area contributed by atoms with Gasteiger partial charge in [0.05, 0.1) is 11.7 Å². The summed E-state index contributed by atoms with van der Waals surface area (Å²) in [6.07, 6.45) is 4.16. The highest BCUT2D eigenvalue weighted by Gasteiger charge is 2.01. The van der Waals surface area contributed by atoms with Crippen LogP contribution in [0.4, 0.5) is 0 Å². The zero-order chi connectivity index (χ0) is 9.97. The zero-order valence-corrected chi connectivity index (χ0v) is 8.08. The molecule has 1 aromatic carbocycles. The Morgan fingerprint density at radius 1 is 1.50 bits per heavy atom. The second kappa shape index (κ2) is 3.62. The number of aryl methyl sites for hydroxylation is 2. The van der Waals surface area contributed by atoms with Crippen molar-refractivity contribution in [2.45, 2.75) is 19.8 Å². The molecule has 0 aliphatic rings. The van der Waals surface area contributed by atoms with Crippen LogP contribution in [0.25, 0.3) is 10.9 Å². The summed E-state index contributed by atoms with van der Waals surface area (Å²) in [6.45, 7) is 2.05. The molecule has 3 heteroatoms. The average Bonchev–Trinajstić information content (AvgIpc) is 2.63. The summed E-state index contributed by atoms with van der Waals surface area (Å²) in [4.78, 5) is 10.3. The van der Waals surface area contributed by atoms with E-state index in [0.717, 1.165) is 23.6 Å². The molecule has 0 amide bonds. The van der Waals surface area contributed by atoms with Crippen molar-refractivity contribution in [1.29, 1.82) is 0 Å². The predicted octanol–water partition coefficient (Wildman–Crippen LogP) is 2.00. The van der Waals surface area contributed by atoms with Crippen LogP contribution in [0.2, 0.25) is 0 Å². The van der Waals surface area contributed by atoms with Crippen molar-refractivity contribution in [3.05, 3.63) is 29.5 Å². The SMILES string of the molecule is Cc1cc(CCC=O)cc2cn[nH]c12. The average molecular weight is 188 g/mol. The van der Waals surface area contributed by atoms with E-state index in [1.54, 1.807) is 0 Å². The Morgan fingerprint density at radius 3 is 3.14 bits per heavy atom. The summed E-state index contributed by atoms with van der Waals surface area (Å²) >= 11 is 0. The number of rotatable bonds is 3. The van der Waals surface area contributed by atoms with Crippen LogP contribution in [0.5, 0.6) is 0 Å². The number of nitrogens with one attached hydrogen (secondary N) is 1. The first kappa shape index (κ1) is 8.94. The first-order valence-corrected chi connectivity index (χ1v) is 4.67. The maximum Gasteiger partial charge on any atom is 0.120 e. The lowest BCUT2D eigenvalue weighted by Gasteiger charge is -2.01. The molecule has 0 fully saturated rings. The maximum atomic E-state index is 10.3. The fourth-order valence-corrected chi connectivity index (χ4v) is 1.68. The molecule has 0 saturated carbocycles. The molecule has 0 saturated heterocycles. The Balaban J connectivity index is 2.42. The van der Waals surface area contributed by atoms with Crippen LogP contribution in [0.15, 0.2) is 18.3 Å². The summed E-state index contributed by atoms with van der Waals surface area (Å²) in [5.41, 5.74) is 3.46. The number of aromatic nitrogens is 2. The van der Waals surface area contributed by atoms with E-state index in [9.17, 15) is 4.79 Å². The molecular weight excluding hydrogens is 176 g/mol. The number of aromatic amines is 1. The summed E-state index contributed by atoms with van der Waals surface area (Å²) in [6, 6.07) is 4.18. The van der Waals surface area contributed by atoms with Gasteiger partial charge < -0.3 is 4.79 Å². The van der Waals surface area contributed by atoms with E-state index in [4.69, 9.17) is 0 Å². The van der Waals surface area contributed by atoms with Crippen LogP contribution in [0, 0.1) is 6.92 Å². The molecule has 72 valence electrons. The summed E-state index contributed by atoms with van der Waals surface area (Å²) in [7, 11) is 0. The predicted molar refractivity (Wildman–Crippen MR) is 55.2 cm³/mol. The van der Waals surface area contributed by atoms with Crippen LogP contribution in [0.3, 0.4) is 0 Å². The van der Waals surface area contributed by atoms with Crippen molar-refractivity contribution >= 4 is 17.2 Å². The van der Waals surface area contributed by atoms with Gasteiger partial charge in [-0.15, -0.1) is 0 Å². The molecule has 0 spiro atoms. The van der Waals surface area contributed by atoms with Gasteiger partial charge in [-0.2, -0.15) is 5.10 Å². The van der Waals surface area contributed by atoms with Gasteiger partial charge in [-0.3, -0.25) is 5.10 Å². The number of carbonyl (C=O) groups excluding carboxylic acids is 1. The summed E-state index contributed by atoms with van der Waals surface area (Å²) in [5.74, 6) is 0. The molecular formula is C11H12N2O. The van der Waals surface area contributed by atoms with Gasteiger partial charge >= 0.3 is 0 Å². The lowest BCUT2D eigenvalue weighted by atomic mass is 10.0. The number of aldehydes is 1. The van der Waals surface area contributed by atoms with Crippen molar-refractivity contribution in [2.75, 3.05) is 0 Å². The summed E-state index contributed by atoms with van der Waals surface area (Å²) < 4.78 is 0. The zero-order valence-electron chi connectivity index (χ0n) is 8.08. The third kappa shape index (κ3) is 1.53. The first-order chi connectivity index (χ1) is 6.81. The molecule has 0 radical (unpaired) electrons. The van der Waals surface area contributed by atoms with E-state index in [0.29, 0.717) is 6.42 Å². The molecule has 14 heavy (non-hydrogen) atoms. The Labute approximate surface area is 82.1 Å². The Hall–Kier alpha value is -1.64. The van der Waals surface area contributed by atoms with E-state index < -0.39 is 0 Å². The highest BCUT2D eigenvalue weighted by atomic mass is 16.1. The van der Waals surface area contributed by atoms with Crippen LogP contribution in [-0.4, -0.2) is 16.5 Å². The molecule has 2 aromatic rings. The third-order valence-electron chi connectivity index (χ3n) is 2.36. The molecule has 0 aliphatic heterocycles. The normalized spacial score (nSPS) is 10.6. The van der Waals surface area contributed by atoms with Crippen molar-refractivity contribution in [1.82, 2.24) is 10.2 Å². The largest absolute Gasteiger partial charge is 0.303 e. The molecule has 1 N–H and O–H groups in total. The van der Waals surface area contributed by atoms with E-state index in [1.165, 1.54) is 11.1 Å². The van der Waals surface area contributed by atoms with Crippen molar-refractivity contribution in [2.24, 2.45) is 0 Å². The van der Waals surface area contributed by atoms with E-state index in [1.807, 2.05) is 13.1 Å². The Kier molecular flexibility index (Phi) is 2.31. The number of fused-ring (bicyclic) bond motifs is 1. The van der Waals surface area contributed by atoms with E-state index >= 15 is 0 Å². The van der Waals surface area contributed by atoms with Gasteiger partial charge in [0, 0.05) is 11.8 Å². The molecule has 1 aromatic heterocycles. The summed E-state index contributed by atoms with van der Waals surface area (Å²) in [5, 5.41) is 8.06. The second-order valence-electron chi connectivity index (χ2n) is 3.45. The molecule has 0 aliphatic carbocycles. The maximum absolute atomic E-state index is 10.3. The minimum atomic E-state index is 0.586. The number of carbonyl (C=O) groups is 1. The molecule has 2 rings (SSSR count). The standard InChI is InChI=1S/C11H12N2O/c1-8-5-9(3-2-4-14)6-10-7-12-13-11(8)10/h4-7H,2-3H2,1H3,(H,12,13). The fraction of sp³-hybridized carbons (Fsp3) is 0.273. The number of hydrogen-bond donors (Lipinski definition) is 1. The van der Waals surface area contributed by atoms with Gasteiger partial charge in [0.2, 0.25) is 0 Å². The quantitative estimate of drug-likeness (QED) is 0.749. The number of H-pyrrole nitrogens is 1. The molecule has 1 heterocycles. The highest BCUT2D eigenvalue weighted by molar-refractivity contribution is 5.81. The van der Waals surface area contributed by atoms with Crippen LogP contribution in [-0.2, 0) is 11.2 Å². The second-order valence-corrected chi connectivity index (χ2v) is 3.45. The minimum absolute atomic E-state index is 0.586. The number of benzene rings is 1. The van der Waals surface area contributed by atoms with E-state index in [2.05, 4.69) is 22.3 Å². The monoisotopic (exact) mass is 188 g/mol. The van der Waals surface area contributed by atoms with Gasteiger partial charge in [-0.05, 0) is 30.5 Å². The molecule has 0 unspecified atom stereocenters. The molecule has 3 nitrogen and oxygen atoms in total. The minimum Gasteiger partial charge on any atom is -0.303 e. The fourth-order valence-electron chi connectivity index (χ4n) is 1.68. The Morgan fingerprint density at radius 2 is 2.36 bits per heavy atom. The van der Waals surface area contributed by atoms with Gasteiger partial charge in [-0.25, -0.2) is 0 Å². The topological polar surface area (TPSA) is 45.8 Å². The Bertz CT molecular complexity index is 459. The number of hydrogen-bond acceptors (Lipinski definition) is 2. The third-order valence-corrected chi connectivity index (χ3v) is 2.36. The van der Waals surface area contributed by atoms with E-state index in [-0.39, 0.29) is 0 Å². The van der Waals surface area contributed by atoms with Crippen LogP contribution in [0.1, 0.15) is 17.5 Å². The lowest BCUT2D eigenvalue weighted by Crippen LogP contribution is -1.88. The molecule has 0 atom stereocenters. The lowest BCUT2D eigenvalue weighted by molar-refractivity contribution is -0.107. The van der Waals surface area contributed by atoms with Crippen molar-refractivity contribution in [3.8, 4) is 0 Å². The van der Waals surface area contributed by atoms with Gasteiger partial charge in [0.25, 0.3) is 0 Å². The van der Waals surface area contributed by atoms with Gasteiger partial charge in [0.15, 0.2) is 0 Å². The van der Waals surface area contributed by atoms with Crippen LogP contribution < -0.4 is 0 Å². The van der Waals surface area contributed by atoms with Crippen molar-refractivity contribution < 1.29 is 4.79 Å².